The standard InChI is InChI=1S/C10H18O3/c1-5-13-9(12)7-6-8(11)10(2,3)4/h5-7H2,1-4H3. The normalized spacial score (nSPS) is 11.1. The summed E-state index contributed by atoms with van der Waals surface area (Å²) in [6, 6.07) is 0. The molecule has 3 heteroatoms. The number of Topliss-reactive ketones (excluding diaryl/α,β-unsaturated/α-hetero) is 1. The van der Waals surface area contributed by atoms with E-state index in [1.54, 1.807) is 6.92 Å². The van der Waals surface area contributed by atoms with Gasteiger partial charge in [0.05, 0.1) is 13.0 Å². The first kappa shape index (κ1) is 12.1. The van der Waals surface area contributed by atoms with E-state index in [0.29, 0.717) is 6.61 Å². The predicted molar refractivity (Wildman–Crippen MR) is 50.3 cm³/mol. The first-order chi connectivity index (χ1) is 5.88. The summed E-state index contributed by atoms with van der Waals surface area (Å²) in [5, 5.41) is 0. The van der Waals surface area contributed by atoms with Crippen molar-refractivity contribution in [1.82, 2.24) is 0 Å². The topological polar surface area (TPSA) is 43.4 Å². The van der Waals surface area contributed by atoms with Crippen molar-refractivity contribution in [2.45, 2.75) is 40.5 Å². The van der Waals surface area contributed by atoms with Crippen LogP contribution in [0.5, 0.6) is 0 Å². The molecule has 0 rings (SSSR count). The molecule has 0 bridgehead atoms. The van der Waals surface area contributed by atoms with Gasteiger partial charge in [-0.05, 0) is 6.92 Å². The van der Waals surface area contributed by atoms with Crippen LogP contribution in [0.1, 0.15) is 40.5 Å². The SMILES string of the molecule is CCOC(=O)CCC(=O)C(C)(C)C. The van der Waals surface area contributed by atoms with Gasteiger partial charge in [-0.25, -0.2) is 0 Å². The molecule has 3 nitrogen and oxygen atoms in total. The summed E-state index contributed by atoms with van der Waals surface area (Å²) >= 11 is 0. The molecule has 0 heterocycles. The molecule has 0 fully saturated rings. The van der Waals surface area contributed by atoms with Crippen LogP contribution >= 0.6 is 0 Å². The van der Waals surface area contributed by atoms with Crippen LogP contribution in [0, 0.1) is 5.41 Å². The van der Waals surface area contributed by atoms with Crippen LogP contribution in [0.3, 0.4) is 0 Å². The maximum atomic E-state index is 11.4. The van der Waals surface area contributed by atoms with Gasteiger partial charge in [-0.1, -0.05) is 20.8 Å². The van der Waals surface area contributed by atoms with E-state index in [-0.39, 0.29) is 30.0 Å². The Morgan fingerprint density at radius 2 is 1.69 bits per heavy atom. The average Bonchev–Trinajstić information content (AvgIpc) is 1.99. The van der Waals surface area contributed by atoms with E-state index in [1.807, 2.05) is 20.8 Å². The molecule has 0 unspecified atom stereocenters. The van der Waals surface area contributed by atoms with Gasteiger partial charge in [0.25, 0.3) is 0 Å². The van der Waals surface area contributed by atoms with Gasteiger partial charge in [0.1, 0.15) is 5.78 Å². The molecule has 0 radical (unpaired) electrons. The van der Waals surface area contributed by atoms with Gasteiger partial charge in [-0.2, -0.15) is 0 Å². The number of ketones is 1. The van der Waals surface area contributed by atoms with Crippen molar-refractivity contribution in [2.24, 2.45) is 5.41 Å². The van der Waals surface area contributed by atoms with Crippen molar-refractivity contribution < 1.29 is 14.3 Å². The highest BCUT2D eigenvalue weighted by molar-refractivity contribution is 5.86. The van der Waals surface area contributed by atoms with Gasteiger partial charge in [-0.3, -0.25) is 9.59 Å². The molecule has 0 aliphatic carbocycles. The lowest BCUT2D eigenvalue weighted by atomic mass is 9.88. The van der Waals surface area contributed by atoms with Crippen LogP contribution in [0.4, 0.5) is 0 Å². The molecule has 76 valence electrons. The fourth-order valence-electron chi connectivity index (χ4n) is 0.824. The lowest BCUT2D eigenvalue weighted by molar-refractivity contribution is -0.144. The molecule has 0 aromatic heterocycles. The van der Waals surface area contributed by atoms with Crippen LogP contribution in [0.2, 0.25) is 0 Å². The second-order valence-electron chi connectivity index (χ2n) is 3.98. The zero-order valence-corrected chi connectivity index (χ0v) is 8.85. The molecule has 0 saturated heterocycles. The largest absolute Gasteiger partial charge is 0.466 e. The fourth-order valence-corrected chi connectivity index (χ4v) is 0.824. The number of esters is 1. The lowest BCUT2D eigenvalue weighted by Gasteiger charge is -2.15. The zero-order valence-electron chi connectivity index (χ0n) is 8.85. The first-order valence-corrected chi connectivity index (χ1v) is 4.57. The monoisotopic (exact) mass is 186 g/mol. The molecule has 0 aromatic rings. The van der Waals surface area contributed by atoms with Gasteiger partial charge in [0, 0.05) is 11.8 Å². The summed E-state index contributed by atoms with van der Waals surface area (Å²) in [7, 11) is 0. The number of rotatable bonds is 4. The summed E-state index contributed by atoms with van der Waals surface area (Å²) in [4.78, 5) is 22.3. The van der Waals surface area contributed by atoms with Gasteiger partial charge < -0.3 is 4.74 Å². The fraction of sp³-hybridized carbons (Fsp3) is 0.800. The zero-order chi connectivity index (χ0) is 10.5. The number of hydrogen-bond acceptors (Lipinski definition) is 3. The summed E-state index contributed by atoms with van der Waals surface area (Å²) in [5.74, 6) is -0.194. The molecule has 0 aliphatic rings. The minimum Gasteiger partial charge on any atom is -0.466 e. The Hall–Kier alpha value is -0.860. The van der Waals surface area contributed by atoms with E-state index in [2.05, 4.69) is 0 Å². The molecule has 0 saturated carbocycles. The van der Waals surface area contributed by atoms with Gasteiger partial charge in [0.15, 0.2) is 0 Å². The number of ether oxygens (including phenoxy) is 1. The van der Waals surface area contributed by atoms with Crippen LogP contribution in [-0.4, -0.2) is 18.4 Å². The molecule has 0 aliphatic heterocycles. The molecule has 13 heavy (non-hydrogen) atoms. The van der Waals surface area contributed by atoms with Crippen molar-refractivity contribution >= 4 is 11.8 Å². The van der Waals surface area contributed by atoms with E-state index in [9.17, 15) is 9.59 Å². The third kappa shape index (κ3) is 5.39. The van der Waals surface area contributed by atoms with Crippen LogP contribution in [0.15, 0.2) is 0 Å². The van der Waals surface area contributed by atoms with Crippen molar-refractivity contribution in [3.8, 4) is 0 Å². The van der Waals surface area contributed by atoms with Crippen LogP contribution in [-0.2, 0) is 14.3 Å². The summed E-state index contributed by atoms with van der Waals surface area (Å²) in [6.07, 6.45) is 0.478. The highest BCUT2D eigenvalue weighted by Crippen LogP contribution is 2.17. The Balaban J connectivity index is 3.77. The van der Waals surface area contributed by atoms with Crippen molar-refractivity contribution in [3.63, 3.8) is 0 Å². The first-order valence-electron chi connectivity index (χ1n) is 4.57. The highest BCUT2D eigenvalue weighted by Gasteiger charge is 2.21. The molecular weight excluding hydrogens is 168 g/mol. The third-order valence-electron chi connectivity index (χ3n) is 1.70. The van der Waals surface area contributed by atoms with Crippen LogP contribution in [0.25, 0.3) is 0 Å². The smallest absolute Gasteiger partial charge is 0.306 e. The summed E-state index contributed by atoms with van der Waals surface area (Å²) < 4.78 is 4.71. The number of carbonyl (C=O) groups is 2. The Labute approximate surface area is 79.5 Å². The van der Waals surface area contributed by atoms with E-state index >= 15 is 0 Å². The van der Waals surface area contributed by atoms with Crippen molar-refractivity contribution in [3.05, 3.63) is 0 Å². The van der Waals surface area contributed by atoms with Crippen molar-refractivity contribution in [1.29, 1.82) is 0 Å². The molecule has 0 amide bonds. The van der Waals surface area contributed by atoms with Gasteiger partial charge in [0.2, 0.25) is 0 Å². The van der Waals surface area contributed by atoms with E-state index in [4.69, 9.17) is 4.74 Å². The van der Waals surface area contributed by atoms with Gasteiger partial charge >= 0.3 is 5.97 Å². The van der Waals surface area contributed by atoms with E-state index < -0.39 is 0 Å². The molecule has 0 atom stereocenters. The Morgan fingerprint density at radius 1 is 1.15 bits per heavy atom. The lowest BCUT2D eigenvalue weighted by Crippen LogP contribution is -2.21. The number of hydrogen-bond donors (Lipinski definition) is 0. The maximum absolute atomic E-state index is 11.4. The Bertz CT molecular complexity index is 189. The Kier molecular flexibility index (Phi) is 4.67. The van der Waals surface area contributed by atoms with Gasteiger partial charge in [-0.15, -0.1) is 0 Å². The summed E-state index contributed by atoms with van der Waals surface area (Å²) in [5.41, 5.74) is -0.355. The van der Waals surface area contributed by atoms with E-state index in [0.717, 1.165) is 0 Å². The molecular formula is C10H18O3. The number of carbonyl (C=O) groups excluding carboxylic acids is 2. The second kappa shape index (κ2) is 5.00. The molecule has 0 aromatic carbocycles. The maximum Gasteiger partial charge on any atom is 0.306 e. The molecule has 0 N–H and O–H groups in total. The van der Waals surface area contributed by atoms with Crippen LogP contribution < -0.4 is 0 Å². The van der Waals surface area contributed by atoms with E-state index in [1.165, 1.54) is 0 Å². The molecule has 0 spiro atoms. The second-order valence-corrected chi connectivity index (χ2v) is 3.98. The summed E-state index contributed by atoms with van der Waals surface area (Å²) in [6.45, 7) is 7.67. The minimum atomic E-state index is -0.355. The Morgan fingerprint density at radius 3 is 2.08 bits per heavy atom. The minimum absolute atomic E-state index is 0.0977. The predicted octanol–water partition coefficient (Wildman–Crippen LogP) is 1.94. The van der Waals surface area contributed by atoms with Crippen molar-refractivity contribution in [2.75, 3.05) is 6.61 Å². The quantitative estimate of drug-likeness (QED) is 0.630. The highest BCUT2D eigenvalue weighted by atomic mass is 16.5. The average molecular weight is 186 g/mol. The third-order valence-corrected chi connectivity index (χ3v) is 1.70.